The summed E-state index contributed by atoms with van der Waals surface area (Å²) in [6.45, 7) is 1.88. The number of methoxy groups -OCH3 is 1. The van der Waals surface area contributed by atoms with Crippen LogP contribution in [0.2, 0.25) is 0 Å². The monoisotopic (exact) mass is 275 g/mol. The van der Waals surface area contributed by atoms with Gasteiger partial charge in [0.05, 0.1) is 6.61 Å². The van der Waals surface area contributed by atoms with Gasteiger partial charge in [-0.2, -0.15) is 0 Å². The van der Waals surface area contributed by atoms with Gasteiger partial charge in [-0.05, 0) is 38.4 Å². The molecule has 1 unspecified atom stereocenters. The Balaban J connectivity index is 2.37. The lowest BCUT2D eigenvalue weighted by Gasteiger charge is -2.44. The molecule has 0 aromatic heterocycles. The van der Waals surface area contributed by atoms with Crippen LogP contribution >= 0.6 is 0 Å². The first-order valence-corrected chi connectivity index (χ1v) is 7.88. The molecule has 1 aromatic rings. The highest BCUT2D eigenvalue weighted by Crippen LogP contribution is 2.42. The van der Waals surface area contributed by atoms with E-state index in [0.717, 1.165) is 19.1 Å². The molecule has 2 nitrogen and oxygen atoms in total. The van der Waals surface area contributed by atoms with E-state index >= 15 is 0 Å². The SMILES string of the molecule is COCC(CN(C)C)(c1ccccc1)C1CCCCC1. The normalized spacial score (nSPS) is 20.0. The number of likely N-dealkylation sites (N-methyl/N-ethyl adjacent to an activating group) is 1. The largest absolute Gasteiger partial charge is 0.384 e. The molecule has 1 fully saturated rings. The summed E-state index contributed by atoms with van der Waals surface area (Å²) >= 11 is 0. The van der Waals surface area contributed by atoms with Crippen LogP contribution in [-0.2, 0) is 10.2 Å². The molecule has 20 heavy (non-hydrogen) atoms. The molecular formula is C18H29NO. The van der Waals surface area contributed by atoms with Crippen molar-refractivity contribution in [2.45, 2.75) is 37.5 Å². The fraction of sp³-hybridized carbons (Fsp3) is 0.667. The number of hydrogen-bond acceptors (Lipinski definition) is 2. The zero-order chi connectivity index (χ0) is 14.4. The van der Waals surface area contributed by atoms with Crippen LogP contribution in [0.3, 0.4) is 0 Å². The van der Waals surface area contributed by atoms with E-state index in [2.05, 4.69) is 49.3 Å². The highest BCUT2D eigenvalue weighted by atomic mass is 16.5. The van der Waals surface area contributed by atoms with Crippen LogP contribution in [0.1, 0.15) is 37.7 Å². The van der Waals surface area contributed by atoms with E-state index in [1.807, 2.05) is 7.11 Å². The van der Waals surface area contributed by atoms with Crippen molar-refractivity contribution < 1.29 is 4.74 Å². The van der Waals surface area contributed by atoms with Crippen LogP contribution < -0.4 is 0 Å². The maximum absolute atomic E-state index is 5.69. The Hall–Kier alpha value is -0.860. The maximum atomic E-state index is 5.69. The summed E-state index contributed by atoms with van der Waals surface area (Å²) in [6, 6.07) is 11.0. The summed E-state index contributed by atoms with van der Waals surface area (Å²) in [4.78, 5) is 2.32. The summed E-state index contributed by atoms with van der Waals surface area (Å²) in [5, 5.41) is 0. The third-order valence-corrected chi connectivity index (χ3v) is 4.74. The third-order valence-electron chi connectivity index (χ3n) is 4.74. The van der Waals surface area contributed by atoms with Crippen LogP contribution in [0.15, 0.2) is 30.3 Å². The van der Waals surface area contributed by atoms with E-state index in [4.69, 9.17) is 4.74 Å². The second-order valence-corrected chi connectivity index (χ2v) is 6.53. The van der Waals surface area contributed by atoms with E-state index in [-0.39, 0.29) is 5.41 Å². The van der Waals surface area contributed by atoms with Crippen LogP contribution in [-0.4, -0.2) is 39.3 Å². The van der Waals surface area contributed by atoms with Gasteiger partial charge in [0.25, 0.3) is 0 Å². The van der Waals surface area contributed by atoms with Crippen molar-refractivity contribution in [1.82, 2.24) is 4.90 Å². The molecule has 1 aliphatic carbocycles. The fourth-order valence-electron chi connectivity index (χ4n) is 3.95. The van der Waals surface area contributed by atoms with Crippen molar-refractivity contribution in [3.05, 3.63) is 35.9 Å². The Morgan fingerprint density at radius 2 is 1.75 bits per heavy atom. The molecule has 0 N–H and O–H groups in total. The standard InChI is InChI=1S/C18H29NO/c1-19(2)14-18(15-20-3,16-10-6-4-7-11-16)17-12-8-5-9-13-17/h4,6-7,10-11,17H,5,8-9,12-15H2,1-3H3. The van der Waals surface area contributed by atoms with Gasteiger partial charge in [-0.15, -0.1) is 0 Å². The number of ether oxygens (including phenoxy) is 1. The quantitative estimate of drug-likeness (QED) is 0.784. The zero-order valence-electron chi connectivity index (χ0n) is 13.3. The summed E-state index contributed by atoms with van der Waals surface area (Å²) in [5.74, 6) is 0.737. The molecule has 0 radical (unpaired) electrons. The molecule has 1 saturated carbocycles. The fourth-order valence-corrected chi connectivity index (χ4v) is 3.95. The molecule has 112 valence electrons. The lowest BCUT2D eigenvalue weighted by molar-refractivity contribution is 0.0546. The zero-order valence-corrected chi connectivity index (χ0v) is 13.3. The molecule has 0 spiro atoms. The Morgan fingerprint density at radius 3 is 2.30 bits per heavy atom. The van der Waals surface area contributed by atoms with Gasteiger partial charge in [0.2, 0.25) is 0 Å². The third kappa shape index (κ3) is 3.42. The summed E-state index contributed by atoms with van der Waals surface area (Å²) in [7, 11) is 6.20. The van der Waals surface area contributed by atoms with E-state index in [0.29, 0.717) is 0 Å². The van der Waals surface area contributed by atoms with E-state index in [1.165, 1.54) is 37.7 Å². The first-order chi connectivity index (χ1) is 9.69. The van der Waals surface area contributed by atoms with E-state index in [9.17, 15) is 0 Å². The molecule has 0 heterocycles. The van der Waals surface area contributed by atoms with E-state index in [1.54, 1.807) is 0 Å². The predicted octanol–water partition coefficient (Wildman–Crippen LogP) is 3.71. The molecule has 0 aliphatic heterocycles. The van der Waals surface area contributed by atoms with Gasteiger partial charge in [0, 0.05) is 19.1 Å². The Morgan fingerprint density at radius 1 is 1.10 bits per heavy atom. The first kappa shape index (κ1) is 15.5. The maximum Gasteiger partial charge on any atom is 0.0574 e. The minimum Gasteiger partial charge on any atom is -0.384 e. The van der Waals surface area contributed by atoms with E-state index < -0.39 is 0 Å². The molecular weight excluding hydrogens is 246 g/mol. The molecule has 2 rings (SSSR count). The van der Waals surface area contributed by atoms with Crippen molar-refractivity contribution in [3.63, 3.8) is 0 Å². The minimum absolute atomic E-state index is 0.139. The topological polar surface area (TPSA) is 12.5 Å². The smallest absolute Gasteiger partial charge is 0.0574 e. The molecule has 1 atom stereocenters. The van der Waals surface area contributed by atoms with Crippen molar-refractivity contribution >= 4 is 0 Å². The lowest BCUT2D eigenvalue weighted by Crippen LogP contribution is -2.48. The van der Waals surface area contributed by atoms with Crippen molar-refractivity contribution in [3.8, 4) is 0 Å². The van der Waals surface area contributed by atoms with Gasteiger partial charge in [0.15, 0.2) is 0 Å². The van der Waals surface area contributed by atoms with Crippen LogP contribution in [0.5, 0.6) is 0 Å². The van der Waals surface area contributed by atoms with Gasteiger partial charge >= 0.3 is 0 Å². The molecule has 0 saturated heterocycles. The van der Waals surface area contributed by atoms with Gasteiger partial charge < -0.3 is 9.64 Å². The van der Waals surface area contributed by atoms with Crippen molar-refractivity contribution in [2.24, 2.45) is 5.92 Å². The number of nitrogens with zero attached hydrogens (tertiary/aromatic N) is 1. The summed E-state index contributed by atoms with van der Waals surface area (Å²) in [5.41, 5.74) is 1.59. The first-order valence-electron chi connectivity index (χ1n) is 7.88. The van der Waals surface area contributed by atoms with Crippen molar-refractivity contribution in [2.75, 3.05) is 34.4 Å². The average Bonchev–Trinajstić information content (AvgIpc) is 2.48. The van der Waals surface area contributed by atoms with Crippen molar-refractivity contribution in [1.29, 1.82) is 0 Å². The molecule has 1 aliphatic rings. The Bertz CT molecular complexity index is 384. The molecule has 2 heteroatoms. The number of benzene rings is 1. The summed E-state index contributed by atoms with van der Waals surface area (Å²) < 4.78 is 5.69. The predicted molar refractivity (Wildman–Crippen MR) is 85.1 cm³/mol. The number of hydrogen-bond donors (Lipinski definition) is 0. The minimum atomic E-state index is 0.139. The van der Waals surface area contributed by atoms with Crippen LogP contribution in [0.4, 0.5) is 0 Å². The molecule has 0 bridgehead atoms. The van der Waals surface area contributed by atoms with Gasteiger partial charge in [-0.1, -0.05) is 49.6 Å². The second kappa shape index (κ2) is 7.24. The molecule has 0 amide bonds. The van der Waals surface area contributed by atoms with Crippen LogP contribution in [0, 0.1) is 5.92 Å². The average molecular weight is 275 g/mol. The molecule has 1 aromatic carbocycles. The number of rotatable bonds is 6. The van der Waals surface area contributed by atoms with Gasteiger partial charge in [-0.25, -0.2) is 0 Å². The lowest BCUT2D eigenvalue weighted by atomic mass is 9.65. The van der Waals surface area contributed by atoms with Gasteiger partial charge in [-0.3, -0.25) is 0 Å². The Kier molecular flexibility index (Phi) is 5.62. The van der Waals surface area contributed by atoms with Crippen LogP contribution in [0.25, 0.3) is 0 Å². The highest BCUT2D eigenvalue weighted by molar-refractivity contribution is 5.28. The summed E-state index contributed by atoms with van der Waals surface area (Å²) in [6.07, 6.45) is 6.82. The Labute approximate surface area is 124 Å². The highest BCUT2D eigenvalue weighted by Gasteiger charge is 2.41. The second-order valence-electron chi connectivity index (χ2n) is 6.53. The van der Waals surface area contributed by atoms with Gasteiger partial charge in [0.1, 0.15) is 0 Å².